The Morgan fingerprint density at radius 3 is 1.49 bits per heavy atom. The summed E-state index contributed by atoms with van der Waals surface area (Å²) in [6.45, 7) is 4.68. The molecule has 0 atom stereocenters. The van der Waals surface area contributed by atoms with Gasteiger partial charge in [0.15, 0.2) is 17.5 Å². The standard InChI is InChI=1S/C61H41N3S/c1-60(2)49-33-14-11-27-45(49)54-42(29-18-35-51(54)60)40-24-9-10-26-44(40)57-62-58(64-59(63-57)48-32-17-30-43-41-25-13-16-37-53(41)65-56(43)48)47-31-19-36-52-55(47)46-28-12-15-34-50(46)61(52,38-20-5-3-6-21-38)39-22-7-4-8-23-39/h3-37H,1-2H3. The SMILES string of the molecule is CC1(C)c2ccccc2-c2c(-c3ccccc3-c3nc(-c4cccc5c4-c4ccccc4C5(c4ccccc4)c4ccccc4)nc(-c4cccc5c4sc4ccccc45)n3)cccc21. The van der Waals surface area contributed by atoms with Gasteiger partial charge in [0.1, 0.15) is 0 Å². The summed E-state index contributed by atoms with van der Waals surface area (Å²) in [7, 11) is 0. The second-order valence-electron chi connectivity index (χ2n) is 17.8. The fourth-order valence-corrected chi connectivity index (χ4v) is 12.4. The predicted molar refractivity (Wildman–Crippen MR) is 269 cm³/mol. The number of fused-ring (bicyclic) bond motifs is 9. The molecule has 4 heteroatoms. The summed E-state index contributed by atoms with van der Waals surface area (Å²) in [4.78, 5) is 16.7. The number of thiophene rings is 1. The van der Waals surface area contributed by atoms with Crippen LogP contribution in [0.2, 0.25) is 0 Å². The van der Waals surface area contributed by atoms with E-state index in [9.17, 15) is 0 Å². The largest absolute Gasteiger partial charge is 0.208 e. The highest BCUT2D eigenvalue weighted by Gasteiger charge is 2.47. The first kappa shape index (κ1) is 37.7. The first-order chi connectivity index (χ1) is 32.0. The Morgan fingerprint density at radius 1 is 0.323 bits per heavy atom. The Morgan fingerprint density at radius 2 is 0.769 bits per heavy atom. The molecule has 0 saturated heterocycles. The van der Waals surface area contributed by atoms with E-state index in [4.69, 9.17) is 15.0 Å². The van der Waals surface area contributed by atoms with Gasteiger partial charge in [-0.05, 0) is 78.9 Å². The summed E-state index contributed by atoms with van der Waals surface area (Å²) >= 11 is 1.80. The number of benzene rings is 9. The molecule has 0 radical (unpaired) electrons. The van der Waals surface area contributed by atoms with Gasteiger partial charge in [-0.3, -0.25) is 0 Å². The third-order valence-corrected chi connectivity index (χ3v) is 15.3. The Hall–Kier alpha value is -7.79. The second kappa shape index (κ2) is 14.4. The summed E-state index contributed by atoms with van der Waals surface area (Å²) in [5.74, 6) is 1.94. The van der Waals surface area contributed by atoms with Crippen molar-refractivity contribution in [2.75, 3.05) is 0 Å². The molecule has 0 amide bonds. The molecule has 11 aromatic rings. The monoisotopic (exact) mass is 847 g/mol. The lowest BCUT2D eigenvalue weighted by Gasteiger charge is -2.33. The average Bonchev–Trinajstić information content (AvgIpc) is 3.98. The van der Waals surface area contributed by atoms with Gasteiger partial charge in [-0.15, -0.1) is 11.3 Å². The maximum Gasteiger partial charge on any atom is 0.165 e. The fourth-order valence-electron chi connectivity index (χ4n) is 11.2. The summed E-state index contributed by atoms with van der Waals surface area (Å²) < 4.78 is 2.41. The van der Waals surface area contributed by atoms with E-state index in [0.717, 1.165) is 27.8 Å². The van der Waals surface area contributed by atoms with Crippen molar-refractivity contribution in [3.05, 3.63) is 246 Å². The molecule has 2 aromatic heterocycles. The van der Waals surface area contributed by atoms with E-state index in [0.29, 0.717) is 17.5 Å². The van der Waals surface area contributed by atoms with Crippen LogP contribution in [0.4, 0.5) is 0 Å². The fraction of sp³-hybridized carbons (Fsp3) is 0.0656. The van der Waals surface area contributed by atoms with Crippen molar-refractivity contribution in [1.82, 2.24) is 15.0 Å². The quantitative estimate of drug-likeness (QED) is 0.167. The normalized spacial score (nSPS) is 13.9. The van der Waals surface area contributed by atoms with Gasteiger partial charge < -0.3 is 0 Å². The van der Waals surface area contributed by atoms with Crippen molar-refractivity contribution in [2.24, 2.45) is 0 Å². The molecule has 306 valence electrons. The minimum Gasteiger partial charge on any atom is -0.208 e. The molecule has 0 aliphatic heterocycles. The predicted octanol–water partition coefficient (Wildman–Crippen LogP) is 15.6. The van der Waals surface area contributed by atoms with Crippen LogP contribution in [0.1, 0.15) is 47.2 Å². The molecule has 0 N–H and O–H groups in total. The van der Waals surface area contributed by atoms with Gasteiger partial charge in [0.2, 0.25) is 0 Å². The topological polar surface area (TPSA) is 38.7 Å². The van der Waals surface area contributed by atoms with Crippen LogP contribution in [0.5, 0.6) is 0 Å². The van der Waals surface area contributed by atoms with E-state index >= 15 is 0 Å². The van der Waals surface area contributed by atoms with Crippen molar-refractivity contribution in [1.29, 1.82) is 0 Å². The van der Waals surface area contributed by atoms with Crippen LogP contribution in [0.15, 0.2) is 212 Å². The zero-order valence-corrected chi connectivity index (χ0v) is 36.8. The van der Waals surface area contributed by atoms with E-state index in [1.165, 1.54) is 75.8 Å². The first-order valence-electron chi connectivity index (χ1n) is 22.4. The van der Waals surface area contributed by atoms with Gasteiger partial charge in [0, 0.05) is 42.3 Å². The molecule has 0 spiro atoms. The number of aromatic nitrogens is 3. The van der Waals surface area contributed by atoms with Crippen LogP contribution in [-0.4, -0.2) is 15.0 Å². The molecule has 2 heterocycles. The number of nitrogens with zero attached hydrogens (tertiary/aromatic N) is 3. The van der Waals surface area contributed by atoms with Gasteiger partial charge in [-0.2, -0.15) is 0 Å². The van der Waals surface area contributed by atoms with Crippen molar-refractivity contribution in [2.45, 2.75) is 24.7 Å². The number of rotatable bonds is 6. The Kier molecular flexibility index (Phi) is 8.34. The van der Waals surface area contributed by atoms with Crippen molar-refractivity contribution in [3.63, 3.8) is 0 Å². The van der Waals surface area contributed by atoms with Crippen molar-refractivity contribution in [3.8, 4) is 67.5 Å². The van der Waals surface area contributed by atoms with Gasteiger partial charge in [-0.25, -0.2) is 15.0 Å². The number of hydrogen-bond acceptors (Lipinski definition) is 4. The highest BCUT2D eigenvalue weighted by Crippen LogP contribution is 2.58. The summed E-state index contributed by atoms with van der Waals surface area (Å²) in [6, 6.07) is 77.1. The summed E-state index contributed by atoms with van der Waals surface area (Å²) in [5.41, 5.74) is 17.0. The third-order valence-electron chi connectivity index (χ3n) is 14.1. The molecule has 0 bridgehead atoms. The molecule has 0 unspecified atom stereocenters. The molecular formula is C61H41N3S. The molecule has 13 rings (SSSR count). The van der Waals surface area contributed by atoms with E-state index in [1.54, 1.807) is 11.3 Å². The summed E-state index contributed by atoms with van der Waals surface area (Å²) in [6.07, 6.45) is 0. The molecule has 0 fully saturated rings. The molecule has 2 aliphatic carbocycles. The Labute approximate surface area is 382 Å². The summed E-state index contributed by atoms with van der Waals surface area (Å²) in [5, 5.41) is 2.45. The van der Waals surface area contributed by atoms with E-state index in [1.807, 2.05) is 0 Å². The van der Waals surface area contributed by atoms with Crippen LogP contribution in [0.3, 0.4) is 0 Å². The lowest BCUT2D eigenvalue weighted by molar-refractivity contribution is 0.660. The van der Waals surface area contributed by atoms with Gasteiger partial charge in [0.05, 0.1) is 5.41 Å². The van der Waals surface area contributed by atoms with Gasteiger partial charge in [-0.1, -0.05) is 214 Å². The number of hydrogen-bond donors (Lipinski definition) is 0. The minimum absolute atomic E-state index is 0.133. The molecule has 3 nitrogen and oxygen atoms in total. The molecule has 9 aromatic carbocycles. The first-order valence-corrected chi connectivity index (χ1v) is 23.2. The molecule has 2 aliphatic rings. The van der Waals surface area contributed by atoms with Crippen LogP contribution >= 0.6 is 11.3 Å². The highest BCUT2D eigenvalue weighted by molar-refractivity contribution is 7.26. The van der Waals surface area contributed by atoms with Crippen LogP contribution in [0.25, 0.3) is 87.7 Å². The Balaban J connectivity index is 1.10. The van der Waals surface area contributed by atoms with E-state index in [2.05, 4.69) is 226 Å². The Bertz CT molecular complexity index is 3660. The van der Waals surface area contributed by atoms with E-state index in [-0.39, 0.29) is 5.41 Å². The molecule has 0 saturated carbocycles. The maximum absolute atomic E-state index is 5.60. The van der Waals surface area contributed by atoms with Crippen LogP contribution in [-0.2, 0) is 10.8 Å². The maximum atomic E-state index is 5.60. The zero-order valence-electron chi connectivity index (χ0n) is 36.0. The lowest BCUT2D eigenvalue weighted by Crippen LogP contribution is -2.28. The average molecular weight is 848 g/mol. The van der Waals surface area contributed by atoms with E-state index < -0.39 is 5.41 Å². The third kappa shape index (κ3) is 5.44. The smallest absolute Gasteiger partial charge is 0.165 e. The van der Waals surface area contributed by atoms with Crippen molar-refractivity contribution < 1.29 is 0 Å². The lowest BCUT2D eigenvalue weighted by atomic mass is 9.67. The van der Waals surface area contributed by atoms with Crippen molar-refractivity contribution >= 4 is 31.5 Å². The molecule has 65 heavy (non-hydrogen) atoms. The molecular weight excluding hydrogens is 807 g/mol. The highest BCUT2D eigenvalue weighted by atomic mass is 32.1. The second-order valence-corrected chi connectivity index (χ2v) is 18.8. The van der Waals surface area contributed by atoms with Crippen LogP contribution < -0.4 is 0 Å². The van der Waals surface area contributed by atoms with Gasteiger partial charge in [0.25, 0.3) is 0 Å². The van der Waals surface area contributed by atoms with Crippen LogP contribution in [0, 0.1) is 0 Å². The minimum atomic E-state index is -0.559. The zero-order chi connectivity index (χ0) is 43.3. The van der Waals surface area contributed by atoms with Gasteiger partial charge >= 0.3 is 0 Å².